The second kappa shape index (κ2) is 4.97. The van der Waals surface area contributed by atoms with Crippen LogP contribution < -0.4 is 5.32 Å². The number of fused-ring (bicyclic) bond motifs is 1. The van der Waals surface area contributed by atoms with Gasteiger partial charge in [-0.1, -0.05) is 6.07 Å². The highest BCUT2D eigenvalue weighted by Gasteiger charge is 2.34. The molecular weight excluding hydrogens is 236 g/mol. The van der Waals surface area contributed by atoms with Crippen LogP contribution in [0.4, 0.5) is 0 Å². The van der Waals surface area contributed by atoms with E-state index in [1.165, 1.54) is 17.5 Å². The number of benzene rings is 1. The summed E-state index contributed by atoms with van der Waals surface area (Å²) in [4.78, 5) is 14.6. The zero-order valence-corrected chi connectivity index (χ0v) is 11.8. The van der Waals surface area contributed by atoms with Crippen LogP contribution in [0.5, 0.6) is 0 Å². The number of carbonyl (C=O) groups excluding carboxylic acids is 1. The van der Waals surface area contributed by atoms with E-state index >= 15 is 0 Å². The van der Waals surface area contributed by atoms with Crippen molar-refractivity contribution in [1.29, 1.82) is 0 Å². The second-order valence-electron chi connectivity index (χ2n) is 5.95. The molecule has 0 saturated carbocycles. The third-order valence-corrected chi connectivity index (χ3v) is 4.70. The van der Waals surface area contributed by atoms with E-state index < -0.39 is 0 Å². The number of nitrogens with zero attached hydrogens (tertiary/aromatic N) is 1. The van der Waals surface area contributed by atoms with Crippen LogP contribution >= 0.6 is 0 Å². The Kier molecular flexibility index (Phi) is 3.31. The Morgan fingerprint density at radius 1 is 1.26 bits per heavy atom. The number of rotatable bonds is 1. The molecule has 0 radical (unpaired) electrons. The number of aryl methyl sites for hydroxylation is 2. The van der Waals surface area contributed by atoms with E-state index in [0.29, 0.717) is 12.0 Å². The zero-order valence-electron chi connectivity index (χ0n) is 11.8. The van der Waals surface area contributed by atoms with E-state index in [1.54, 1.807) is 0 Å². The maximum atomic E-state index is 12.6. The van der Waals surface area contributed by atoms with Gasteiger partial charge in [0, 0.05) is 24.7 Å². The number of piperidine rings is 1. The Balaban J connectivity index is 1.74. The van der Waals surface area contributed by atoms with Gasteiger partial charge >= 0.3 is 0 Å². The van der Waals surface area contributed by atoms with Crippen molar-refractivity contribution >= 4 is 5.91 Å². The molecule has 2 aliphatic rings. The molecule has 19 heavy (non-hydrogen) atoms. The molecule has 0 bridgehead atoms. The second-order valence-corrected chi connectivity index (χ2v) is 5.95. The van der Waals surface area contributed by atoms with Crippen molar-refractivity contribution in [3.05, 3.63) is 34.9 Å². The Morgan fingerprint density at radius 2 is 2.11 bits per heavy atom. The first-order chi connectivity index (χ1) is 9.15. The average molecular weight is 258 g/mol. The number of hydrogen-bond donors (Lipinski definition) is 1. The van der Waals surface area contributed by atoms with E-state index in [-0.39, 0.29) is 5.91 Å². The lowest BCUT2D eigenvalue weighted by Crippen LogP contribution is -2.46. The smallest absolute Gasteiger partial charge is 0.253 e. The molecule has 2 aliphatic heterocycles. The summed E-state index contributed by atoms with van der Waals surface area (Å²) < 4.78 is 0. The lowest BCUT2D eigenvalue weighted by molar-refractivity contribution is 0.0662. The van der Waals surface area contributed by atoms with E-state index in [4.69, 9.17) is 0 Å². The molecule has 0 aromatic heterocycles. The highest BCUT2D eigenvalue weighted by molar-refractivity contribution is 5.94. The van der Waals surface area contributed by atoms with Crippen molar-refractivity contribution in [2.75, 3.05) is 19.6 Å². The van der Waals surface area contributed by atoms with Crippen molar-refractivity contribution in [3.63, 3.8) is 0 Å². The first-order valence-electron chi connectivity index (χ1n) is 7.25. The van der Waals surface area contributed by atoms with Crippen LogP contribution in [0.15, 0.2) is 18.2 Å². The van der Waals surface area contributed by atoms with Gasteiger partial charge in [0.1, 0.15) is 0 Å². The molecule has 1 amide bonds. The van der Waals surface area contributed by atoms with Crippen molar-refractivity contribution in [1.82, 2.24) is 10.2 Å². The van der Waals surface area contributed by atoms with Crippen LogP contribution in [0.1, 0.15) is 34.3 Å². The predicted molar refractivity (Wildman–Crippen MR) is 76.3 cm³/mol. The van der Waals surface area contributed by atoms with Crippen LogP contribution in [0.2, 0.25) is 0 Å². The molecule has 2 unspecified atom stereocenters. The number of carbonyl (C=O) groups is 1. The number of likely N-dealkylation sites (tertiary alicyclic amines) is 1. The highest BCUT2D eigenvalue weighted by atomic mass is 16.2. The molecule has 102 valence electrons. The van der Waals surface area contributed by atoms with Gasteiger partial charge in [0.2, 0.25) is 0 Å². The Hall–Kier alpha value is -1.35. The summed E-state index contributed by atoms with van der Waals surface area (Å²) in [6, 6.07) is 6.68. The van der Waals surface area contributed by atoms with Gasteiger partial charge < -0.3 is 10.2 Å². The first kappa shape index (κ1) is 12.7. The Labute approximate surface area is 115 Å². The summed E-state index contributed by atoms with van der Waals surface area (Å²) in [7, 11) is 0. The maximum Gasteiger partial charge on any atom is 0.253 e. The largest absolute Gasteiger partial charge is 0.338 e. The lowest BCUT2D eigenvalue weighted by Gasteiger charge is -2.35. The molecule has 0 spiro atoms. The summed E-state index contributed by atoms with van der Waals surface area (Å²) >= 11 is 0. The maximum absolute atomic E-state index is 12.6. The Bertz CT molecular complexity index is 498. The minimum Gasteiger partial charge on any atom is -0.338 e. The van der Waals surface area contributed by atoms with Gasteiger partial charge in [0.05, 0.1) is 0 Å². The minimum atomic E-state index is 0.202. The number of nitrogens with one attached hydrogen (secondary N) is 1. The molecular formula is C16H22N2O. The summed E-state index contributed by atoms with van der Waals surface area (Å²) in [5.41, 5.74) is 3.28. The SMILES string of the molecule is Cc1ccc(C(=O)N2CCC3NCCC3C2)cc1C. The lowest BCUT2D eigenvalue weighted by atomic mass is 9.93. The fourth-order valence-electron chi connectivity index (χ4n) is 3.29. The average Bonchev–Trinajstić information content (AvgIpc) is 2.88. The summed E-state index contributed by atoms with van der Waals surface area (Å²) in [6.45, 7) is 7.07. The zero-order chi connectivity index (χ0) is 13.4. The number of hydrogen-bond acceptors (Lipinski definition) is 2. The van der Waals surface area contributed by atoms with Gasteiger partial charge in [-0.15, -0.1) is 0 Å². The predicted octanol–water partition coefficient (Wildman–Crippen LogP) is 2.13. The molecule has 1 N–H and O–H groups in total. The normalized spacial score (nSPS) is 26.3. The fraction of sp³-hybridized carbons (Fsp3) is 0.562. The highest BCUT2D eigenvalue weighted by Crippen LogP contribution is 2.25. The summed E-state index contributed by atoms with van der Waals surface area (Å²) in [6.07, 6.45) is 2.31. The molecule has 1 aromatic carbocycles. The van der Waals surface area contributed by atoms with Gasteiger partial charge in [-0.2, -0.15) is 0 Å². The molecule has 2 fully saturated rings. The molecule has 3 heteroatoms. The van der Waals surface area contributed by atoms with Crippen molar-refractivity contribution in [3.8, 4) is 0 Å². The van der Waals surface area contributed by atoms with Gasteiger partial charge in [0.25, 0.3) is 5.91 Å². The topological polar surface area (TPSA) is 32.3 Å². The van der Waals surface area contributed by atoms with Crippen molar-refractivity contribution in [2.24, 2.45) is 5.92 Å². The van der Waals surface area contributed by atoms with Crippen molar-refractivity contribution < 1.29 is 4.79 Å². The van der Waals surface area contributed by atoms with Gasteiger partial charge in [-0.05, 0) is 62.4 Å². The van der Waals surface area contributed by atoms with E-state index in [9.17, 15) is 4.79 Å². The number of amides is 1. The van der Waals surface area contributed by atoms with E-state index in [0.717, 1.165) is 31.6 Å². The third kappa shape index (κ3) is 2.39. The standard InChI is InChI=1S/C16H22N2O/c1-11-3-4-13(9-12(11)2)16(19)18-8-6-15-14(10-18)5-7-17-15/h3-4,9,14-15,17H,5-8,10H2,1-2H3. The fourth-order valence-corrected chi connectivity index (χ4v) is 3.29. The molecule has 2 atom stereocenters. The Morgan fingerprint density at radius 3 is 2.89 bits per heavy atom. The minimum absolute atomic E-state index is 0.202. The van der Waals surface area contributed by atoms with Crippen LogP contribution in [-0.4, -0.2) is 36.5 Å². The van der Waals surface area contributed by atoms with Crippen LogP contribution in [0.3, 0.4) is 0 Å². The third-order valence-electron chi connectivity index (χ3n) is 4.70. The quantitative estimate of drug-likeness (QED) is 0.837. The van der Waals surface area contributed by atoms with E-state index in [2.05, 4.69) is 19.2 Å². The monoisotopic (exact) mass is 258 g/mol. The van der Waals surface area contributed by atoms with Crippen LogP contribution in [0, 0.1) is 19.8 Å². The molecule has 3 nitrogen and oxygen atoms in total. The summed E-state index contributed by atoms with van der Waals surface area (Å²) in [5, 5.41) is 3.54. The van der Waals surface area contributed by atoms with Crippen LogP contribution in [-0.2, 0) is 0 Å². The van der Waals surface area contributed by atoms with Crippen molar-refractivity contribution in [2.45, 2.75) is 32.7 Å². The van der Waals surface area contributed by atoms with E-state index in [1.807, 2.05) is 23.1 Å². The molecule has 2 saturated heterocycles. The van der Waals surface area contributed by atoms with Gasteiger partial charge in [-0.25, -0.2) is 0 Å². The molecule has 3 rings (SSSR count). The first-order valence-corrected chi connectivity index (χ1v) is 7.25. The summed E-state index contributed by atoms with van der Waals surface area (Å²) in [5.74, 6) is 0.859. The van der Waals surface area contributed by atoms with Crippen LogP contribution in [0.25, 0.3) is 0 Å². The molecule has 2 heterocycles. The van der Waals surface area contributed by atoms with Gasteiger partial charge in [-0.3, -0.25) is 4.79 Å². The van der Waals surface area contributed by atoms with Gasteiger partial charge in [0.15, 0.2) is 0 Å². The molecule has 0 aliphatic carbocycles. The molecule has 1 aromatic rings.